The molecule has 1 aliphatic heterocycles. The summed E-state index contributed by atoms with van der Waals surface area (Å²) in [7, 11) is 1.70. The molecular weight excluding hydrogens is 399 g/mol. The van der Waals surface area contributed by atoms with Gasteiger partial charge in [-0.3, -0.25) is 9.79 Å². The Hall–Kier alpha value is -2.44. The third-order valence-corrected chi connectivity index (χ3v) is 5.22. The van der Waals surface area contributed by atoms with Gasteiger partial charge in [0.15, 0.2) is 5.96 Å². The Morgan fingerprint density at radius 1 is 1.21 bits per heavy atom. The van der Waals surface area contributed by atoms with Gasteiger partial charge in [-0.2, -0.15) is 0 Å². The molecule has 1 heterocycles. The van der Waals surface area contributed by atoms with Crippen LogP contribution in [0.1, 0.15) is 17.9 Å². The predicted octanol–water partition coefficient (Wildman–Crippen LogP) is 3.66. The van der Waals surface area contributed by atoms with Crippen LogP contribution in [0.4, 0.5) is 5.69 Å². The van der Waals surface area contributed by atoms with Gasteiger partial charge in [0, 0.05) is 31.6 Å². The molecule has 0 saturated heterocycles. The largest absolute Gasteiger partial charge is 0.490 e. The summed E-state index contributed by atoms with van der Waals surface area (Å²) in [6.07, 6.45) is 0.442. The van der Waals surface area contributed by atoms with Crippen molar-refractivity contribution in [3.05, 3.63) is 58.1 Å². The van der Waals surface area contributed by atoms with Gasteiger partial charge in [0.1, 0.15) is 17.4 Å². The van der Waals surface area contributed by atoms with Gasteiger partial charge >= 0.3 is 0 Å². The molecule has 148 valence electrons. The minimum Gasteiger partial charge on any atom is -0.490 e. The van der Waals surface area contributed by atoms with E-state index in [2.05, 4.69) is 20.9 Å². The van der Waals surface area contributed by atoms with Crippen LogP contribution in [0.25, 0.3) is 0 Å². The fourth-order valence-corrected chi connectivity index (χ4v) is 3.40. The number of benzene rings is 2. The van der Waals surface area contributed by atoms with E-state index in [-0.39, 0.29) is 11.8 Å². The number of nitrogens with zero attached hydrogens (tertiary/aromatic N) is 1. The summed E-state index contributed by atoms with van der Waals surface area (Å²) in [4.78, 5) is 16.1. The van der Waals surface area contributed by atoms with Gasteiger partial charge < -0.3 is 20.7 Å². The van der Waals surface area contributed by atoms with Crippen molar-refractivity contribution in [2.45, 2.75) is 12.3 Å². The van der Waals surface area contributed by atoms with E-state index in [1.807, 2.05) is 24.3 Å². The van der Waals surface area contributed by atoms with E-state index in [1.54, 1.807) is 25.2 Å². The molecule has 1 amide bonds. The number of fused-ring (bicyclic) bond motifs is 1. The number of halogens is 2. The lowest BCUT2D eigenvalue weighted by Crippen LogP contribution is -2.42. The van der Waals surface area contributed by atoms with Crippen LogP contribution in [-0.2, 0) is 4.79 Å². The maximum absolute atomic E-state index is 11.9. The van der Waals surface area contributed by atoms with E-state index in [9.17, 15) is 4.79 Å². The zero-order chi connectivity index (χ0) is 19.9. The second kappa shape index (κ2) is 9.66. The topological polar surface area (TPSA) is 74.8 Å². The molecule has 0 aromatic heterocycles. The Labute approximate surface area is 174 Å². The van der Waals surface area contributed by atoms with Crippen molar-refractivity contribution in [3.8, 4) is 5.75 Å². The summed E-state index contributed by atoms with van der Waals surface area (Å²) < 4.78 is 5.65. The van der Waals surface area contributed by atoms with Crippen LogP contribution in [0.15, 0.2) is 47.5 Å². The van der Waals surface area contributed by atoms with Gasteiger partial charge in [-0.25, -0.2) is 0 Å². The lowest BCUT2D eigenvalue weighted by molar-refractivity contribution is -0.116. The van der Waals surface area contributed by atoms with Gasteiger partial charge in [0.05, 0.1) is 11.6 Å². The SMILES string of the molecule is CN=C(NCCOc1cccc(Cl)c1Cl)NCC1CC(=O)Nc2ccccc21. The third-order valence-electron chi connectivity index (χ3n) is 4.41. The fraction of sp³-hybridized carbons (Fsp3) is 0.300. The van der Waals surface area contributed by atoms with Crippen molar-refractivity contribution in [1.82, 2.24) is 10.6 Å². The minimum atomic E-state index is 0.0280. The molecule has 1 aliphatic rings. The van der Waals surface area contributed by atoms with Crippen LogP contribution in [0.2, 0.25) is 10.0 Å². The molecule has 8 heteroatoms. The quantitative estimate of drug-likeness (QED) is 0.378. The molecule has 2 aromatic carbocycles. The van der Waals surface area contributed by atoms with Crippen LogP contribution in [0.5, 0.6) is 5.75 Å². The van der Waals surface area contributed by atoms with E-state index in [1.165, 1.54) is 0 Å². The van der Waals surface area contributed by atoms with Crippen molar-refractivity contribution in [2.24, 2.45) is 4.99 Å². The standard InChI is InChI=1S/C20H22Cl2N4O2/c1-23-20(24-9-10-28-17-8-4-6-15(21)19(17)22)25-12-13-11-18(27)26-16-7-3-2-5-14(13)16/h2-8,13H,9-12H2,1H3,(H,26,27)(H2,23,24,25). The Bertz CT molecular complexity index is 873. The molecule has 28 heavy (non-hydrogen) atoms. The van der Waals surface area contributed by atoms with E-state index >= 15 is 0 Å². The molecule has 0 spiro atoms. The fourth-order valence-electron chi connectivity index (χ4n) is 3.05. The Kier molecular flexibility index (Phi) is 7.01. The average molecular weight is 421 g/mol. The normalized spacial score (nSPS) is 16.2. The van der Waals surface area contributed by atoms with Crippen LogP contribution < -0.4 is 20.7 Å². The number of carbonyl (C=O) groups is 1. The van der Waals surface area contributed by atoms with Crippen molar-refractivity contribution < 1.29 is 9.53 Å². The molecule has 0 bridgehead atoms. The van der Waals surface area contributed by atoms with Gasteiger partial charge in [-0.15, -0.1) is 0 Å². The Morgan fingerprint density at radius 2 is 2.04 bits per heavy atom. The number of guanidine groups is 1. The molecule has 0 fully saturated rings. The second-order valence-electron chi connectivity index (χ2n) is 6.32. The maximum atomic E-state index is 11.9. The molecule has 3 N–H and O–H groups in total. The lowest BCUT2D eigenvalue weighted by Gasteiger charge is -2.26. The van der Waals surface area contributed by atoms with Crippen molar-refractivity contribution in [1.29, 1.82) is 0 Å². The van der Waals surface area contributed by atoms with Gasteiger partial charge in [0.25, 0.3) is 0 Å². The second-order valence-corrected chi connectivity index (χ2v) is 7.10. The monoisotopic (exact) mass is 420 g/mol. The molecule has 1 atom stereocenters. The number of ether oxygens (including phenoxy) is 1. The number of amides is 1. The molecule has 1 unspecified atom stereocenters. The number of anilines is 1. The predicted molar refractivity (Wildman–Crippen MR) is 114 cm³/mol. The van der Waals surface area contributed by atoms with Crippen LogP contribution in [0.3, 0.4) is 0 Å². The van der Waals surface area contributed by atoms with E-state index in [0.717, 1.165) is 11.3 Å². The first-order chi connectivity index (χ1) is 13.6. The number of para-hydroxylation sites is 1. The average Bonchev–Trinajstić information content (AvgIpc) is 2.70. The van der Waals surface area contributed by atoms with Gasteiger partial charge in [-0.1, -0.05) is 47.5 Å². The highest BCUT2D eigenvalue weighted by molar-refractivity contribution is 6.42. The first-order valence-corrected chi connectivity index (χ1v) is 9.74. The number of nitrogens with one attached hydrogen (secondary N) is 3. The van der Waals surface area contributed by atoms with Crippen molar-refractivity contribution >= 4 is 40.8 Å². The summed E-state index contributed by atoms with van der Waals surface area (Å²) in [6.45, 7) is 1.53. The minimum absolute atomic E-state index is 0.0280. The lowest BCUT2D eigenvalue weighted by atomic mass is 9.90. The molecule has 6 nitrogen and oxygen atoms in total. The number of hydrogen-bond donors (Lipinski definition) is 3. The molecule has 0 saturated carbocycles. The molecule has 0 radical (unpaired) electrons. The highest BCUT2D eigenvalue weighted by Crippen LogP contribution is 2.32. The van der Waals surface area contributed by atoms with E-state index in [0.29, 0.717) is 47.9 Å². The number of hydrogen-bond acceptors (Lipinski definition) is 3. The van der Waals surface area contributed by atoms with Crippen LogP contribution >= 0.6 is 23.2 Å². The summed E-state index contributed by atoms with van der Waals surface area (Å²) in [6, 6.07) is 13.1. The Morgan fingerprint density at radius 3 is 2.86 bits per heavy atom. The first kappa shape index (κ1) is 20.3. The highest BCUT2D eigenvalue weighted by atomic mass is 35.5. The number of carbonyl (C=O) groups excluding carboxylic acids is 1. The van der Waals surface area contributed by atoms with Gasteiger partial charge in [0.2, 0.25) is 5.91 Å². The summed E-state index contributed by atoms with van der Waals surface area (Å²) in [5.74, 6) is 1.30. The number of aliphatic imine (C=N–C) groups is 1. The molecule has 3 rings (SSSR count). The first-order valence-electron chi connectivity index (χ1n) is 8.98. The Balaban J connectivity index is 1.48. The smallest absolute Gasteiger partial charge is 0.225 e. The number of rotatable bonds is 6. The van der Waals surface area contributed by atoms with Gasteiger partial charge in [-0.05, 0) is 23.8 Å². The zero-order valence-corrected chi connectivity index (χ0v) is 17.0. The van der Waals surface area contributed by atoms with E-state index < -0.39 is 0 Å². The molecular formula is C20H22Cl2N4O2. The van der Waals surface area contributed by atoms with Crippen molar-refractivity contribution in [3.63, 3.8) is 0 Å². The highest BCUT2D eigenvalue weighted by Gasteiger charge is 2.24. The summed E-state index contributed by atoms with van der Waals surface area (Å²) in [5, 5.41) is 10.2. The zero-order valence-electron chi connectivity index (χ0n) is 15.5. The molecule has 0 aliphatic carbocycles. The summed E-state index contributed by atoms with van der Waals surface area (Å²) in [5.41, 5.74) is 2.00. The molecule has 2 aromatic rings. The maximum Gasteiger partial charge on any atom is 0.225 e. The van der Waals surface area contributed by atoms with Crippen LogP contribution in [0, 0.1) is 0 Å². The van der Waals surface area contributed by atoms with E-state index in [4.69, 9.17) is 27.9 Å². The third kappa shape index (κ3) is 5.09. The van der Waals surface area contributed by atoms with Crippen molar-refractivity contribution in [2.75, 3.05) is 32.1 Å². The van der Waals surface area contributed by atoms with Crippen LogP contribution in [-0.4, -0.2) is 38.6 Å². The summed E-state index contributed by atoms with van der Waals surface area (Å²) >= 11 is 12.1.